The minimum atomic E-state index is -0.573. The molecule has 1 saturated carbocycles. The fourth-order valence-electron chi connectivity index (χ4n) is 8.42. The Kier molecular flexibility index (Phi) is 13.0. The molecule has 0 spiro atoms. The molecule has 1 aliphatic carbocycles. The van der Waals surface area contributed by atoms with Gasteiger partial charge in [-0.25, -0.2) is 9.37 Å². The van der Waals surface area contributed by atoms with Crippen LogP contribution in [0.1, 0.15) is 63.6 Å². The van der Waals surface area contributed by atoms with Crippen LogP contribution in [-0.4, -0.2) is 107 Å². The number of hydrogen-bond acceptors (Lipinski definition) is 11. The van der Waals surface area contributed by atoms with E-state index in [9.17, 15) is 18.8 Å². The van der Waals surface area contributed by atoms with Gasteiger partial charge in [0.05, 0.1) is 17.9 Å². The molecule has 2 amide bonds. The van der Waals surface area contributed by atoms with Gasteiger partial charge >= 0.3 is 0 Å². The number of halogens is 1. The SMILES string of the molecule is O=C1CCC(Nc2ccc(O)cc2)C(=O)N1.O=c1[nH]c(CSC2CCOCC2)nc2cc(OCC3CCN(CCN4CC5CCCC5C4)CC3)cc(F)c12. The van der Waals surface area contributed by atoms with E-state index in [4.69, 9.17) is 14.6 Å². The Morgan fingerprint density at radius 3 is 2.39 bits per heavy atom. The number of fused-ring (bicyclic) bond motifs is 2. The molecule has 1 aromatic heterocycles. The number of anilines is 1. The molecule has 5 aliphatic rings. The van der Waals surface area contributed by atoms with Crippen LogP contribution < -0.4 is 20.9 Å². The summed E-state index contributed by atoms with van der Waals surface area (Å²) in [6, 6.07) is 9.09. The number of H-pyrrole nitrogens is 1. The Labute approximate surface area is 319 Å². The van der Waals surface area contributed by atoms with E-state index >= 15 is 0 Å². The van der Waals surface area contributed by atoms with Crippen LogP contribution in [0.3, 0.4) is 0 Å². The molecule has 4 aliphatic heterocycles. The van der Waals surface area contributed by atoms with Gasteiger partial charge in [0.15, 0.2) is 0 Å². The van der Waals surface area contributed by atoms with Crippen LogP contribution in [-0.2, 0) is 20.1 Å². The summed E-state index contributed by atoms with van der Waals surface area (Å²) < 4.78 is 26.3. The standard InChI is InChI=1S/C29H41FN4O3S.C11H12N2O3/c30-25-14-23(15-26-28(25)29(35)32-27(31-26)19-38-24-6-12-36-13-7-24)37-18-20-4-8-33(9-5-20)10-11-34-16-21-2-1-3-22(21)17-34;14-8-3-1-7(2-4-8)12-9-5-6-10(15)13-11(9)16/h14-15,20-22,24H,1-13,16-19H2,(H,31,32,35);1-4,9,12,14H,5-6H2,(H,13,15,16). The first kappa shape index (κ1) is 38.6. The molecular formula is C40H53FN6O6S. The number of rotatable bonds is 11. The number of aromatic nitrogens is 2. The maximum atomic E-state index is 14.9. The molecule has 5 heterocycles. The molecule has 292 valence electrons. The van der Waals surface area contributed by atoms with E-state index in [2.05, 4.69) is 30.4 Å². The number of likely N-dealkylation sites (tertiary alicyclic amines) is 2. The molecule has 8 rings (SSSR count). The maximum Gasteiger partial charge on any atom is 0.261 e. The molecular weight excluding hydrogens is 712 g/mol. The van der Waals surface area contributed by atoms with Gasteiger partial charge in [-0.1, -0.05) is 6.42 Å². The minimum Gasteiger partial charge on any atom is -0.508 e. The van der Waals surface area contributed by atoms with E-state index in [1.165, 1.54) is 57.1 Å². The third kappa shape index (κ3) is 10.3. The molecule has 3 atom stereocenters. The molecule has 0 radical (unpaired) electrons. The lowest BCUT2D eigenvalue weighted by molar-refractivity contribution is -0.133. The first-order valence-electron chi connectivity index (χ1n) is 19.6. The molecule has 5 fully saturated rings. The maximum absolute atomic E-state index is 14.9. The van der Waals surface area contributed by atoms with Crippen molar-refractivity contribution >= 4 is 40.2 Å². The monoisotopic (exact) mass is 764 g/mol. The summed E-state index contributed by atoms with van der Waals surface area (Å²) in [4.78, 5) is 47.6. The molecule has 2 aromatic carbocycles. The normalized spacial score (nSPS) is 24.2. The van der Waals surface area contributed by atoms with E-state index in [0.717, 1.165) is 76.1 Å². The number of phenolic OH excluding ortho intramolecular Hbond substituents is 1. The van der Waals surface area contributed by atoms with Crippen LogP contribution in [0.4, 0.5) is 10.1 Å². The van der Waals surface area contributed by atoms with Crippen LogP contribution in [0.25, 0.3) is 10.9 Å². The molecule has 3 aromatic rings. The number of hydrogen-bond donors (Lipinski definition) is 4. The second-order valence-corrected chi connectivity index (χ2v) is 16.7. The van der Waals surface area contributed by atoms with Crippen molar-refractivity contribution in [3.8, 4) is 11.5 Å². The fourth-order valence-corrected chi connectivity index (χ4v) is 9.47. The van der Waals surface area contributed by atoms with Gasteiger partial charge in [0.25, 0.3) is 5.56 Å². The van der Waals surface area contributed by atoms with Crippen molar-refractivity contribution in [1.29, 1.82) is 0 Å². The summed E-state index contributed by atoms with van der Waals surface area (Å²) in [5.41, 5.74) is 0.686. The average Bonchev–Trinajstić information content (AvgIpc) is 3.78. The lowest BCUT2D eigenvalue weighted by Crippen LogP contribution is -2.47. The summed E-state index contributed by atoms with van der Waals surface area (Å²) in [5, 5.41) is 14.9. The van der Waals surface area contributed by atoms with Gasteiger partial charge in [-0.05, 0) is 100 Å². The number of phenols is 1. The number of imide groups is 1. The molecule has 14 heteroatoms. The van der Waals surface area contributed by atoms with Gasteiger partial charge in [0.2, 0.25) is 11.8 Å². The van der Waals surface area contributed by atoms with Crippen LogP contribution in [0.15, 0.2) is 41.2 Å². The number of nitrogens with one attached hydrogen (secondary N) is 3. The second-order valence-electron chi connectivity index (χ2n) is 15.4. The van der Waals surface area contributed by atoms with Crippen molar-refractivity contribution in [3.05, 3.63) is 58.4 Å². The molecule has 4 N–H and O–H groups in total. The Morgan fingerprint density at radius 1 is 0.944 bits per heavy atom. The van der Waals surface area contributed by atoms with Crippen LogP contribution in [0.5, 0.6) is 11.5 Å². The van der Waals surface area contributed by atoms with Crippen molar-refractivity contribution in [2.75, 3.05) is 64.4 Å². The summed E-state index contributed by atoms with van der Waals surface area (Å²) in [6.07, 6.45) is 9.39. The zero-order valence-corrected chi connectivity index (χ0v) is 31.7. The van der Waals surface area contributed by atoms with E-state index in [1.54, 1.807) is 30.0 Å². The van der Waals surface area contributed by atoms with Crippen molar-refractivity contribution in [3.63, 3.8) is 0 Å². The fraction of sp³-hybridized carbons (Fsp3) is 0.600. The highest BCUT2D eigenvalue weighted by atomic mass is 32.2. The van der Waals surface area contributed by atoms with Crippen LogP contribution >= 0.6 is 11.8 Å². The molecule has 54 heavy (non-hydrogen) atoms. The Bertz CT molecular complexity index is 1790. The summed E-state index contributed by atoms with van der Waals surface area (Å²) in [7, 11) is 0. The van der Waals surface area contributed by atoms with Gasteiger partial charge in [0, 0.05) is 68.9 Å². The summed E-state index contributed by atoms with van der Waals surface area (Å²) in [5.74, 6) is 3.11. The highest BCUT2D eigenvalue weighted by Crippen LogP contribution is 2.37. The largest absolute Gasteiger partial charge is 0.508 e. The number of aromatic hydroxyl groups is 1. The predicted molar refractivity (Wildman–Crippen MR) is 207 cm³/mol. The van der Waals surface area contributed by atoms with Crippen LogP contribution in [0.2, 0.25) is 0 Å². The van der Waals surface area contributed by atoms with E-state index in [-0.39, 0.29) is 29.0 Å². The molecule has 12 nitrogen and oxygen atoms in total. The Hall–Kier alpha value is -3.72. The number of benzene rings is 2. The smallest absolute Gasteiger partial charge is 0.261 e. The van der Waals surface area contributed by atoms with Gasteiger partial charge in [-0.15, -0.1) is 0 Å². The number of thioether (sulfide) groups is 1. The quantitative estimate of drug-likeness (QED) is 0.156. The van der Waals surface area contributed by atoms with Crippen molar-refractivity contribution in [2.24, 2.45) is 17.8 Å². The number of aromatic amines is 1. The van der Waals surface area contributed by atoms with Crippen LogP contribution in [0, 0.1) is 23.6 Å². The van der Waals surface area contributed by atoms with Crippen molar-refractivity contribution < 1.29 is 28.6 Å². The van der Waals surface area contributed by atoms with Gasteiger partial charge < -0.3 is 34.7 Å². The Morgan fingerprint density at radius 2 is 1.67 bits per heavy atom. The molecule has 3 unspecified atom stereocenters. The van der Waals surface area contributed by atoms with E-state index in [0.29, 0.717) is 53.5 Å². The van der Waals surface area contributed by atoms with E-state index < -0.39 is 11.4 Å². The summed E-state index contributed by atoms with van der Waals surface area (Å²) in [6.45, 7) is 9.34. The number of amides is 2. The van der Waals surface area contributed by atoms with E-state index in [1.807, 2.05) is 0 Å². The second kappa shape index (κ2) is 18.3. The first-order valence-corrected chi connectivity index (χ1v) is 20.7. The minimum absolute atomic E-state index is 0.00658. The molecule has 0 bridgehead atoms. The average molecular weight is 765 g/mol. The summed E-state index contributed by atoms with van der Waals surface area (Å²) >= 11 is 1.78. The number of piperidine rings is 2. The Balaban J connectivity index is 0.000000235. The highest BCUT2D eigenvalue weighted by Gasteiger charge is 2.36. The lowest BCUT2D eigenvalue weighted by atomic mass is 9.98. The highest BCUT2D eigenvalue weighted by molar-refractivity contribution is 7.99. The number of carbonyl (C=O) groups is 2. The number of nitrogens with zero attached hydrogens (tertiary/aromatic N) is 3. The zero-order chi connectivity index (χ0) is 37.4. The number of ether oxygens (including phenoxy) is 2. The number of carbonyl (C=O) groups excluding carboxylic acids is 2. The van der Waals surface area contributed by atoms with Crippen molar-refractivity contribution in [1.82, 2.24) is 25.1 Å². The lowest BCUT2D eigenvalue weighted by Gasteiger charge is -2.33. The zero-order valence-electron chi connectivity index (χ0n) is 30.9. The topological polar surface area (TPSA) is 149 Å². The molecule has 4 saturated heterocycles. The third-order valence-electron chi connectivity index (χ3n) is 11.6. The van der Waals surface area contributed by atoms with Gasteiger partial charge in [0.1, 0.15) is 34.6 Å². The predicted octanol–water partition coefficient (Wildman–Crippen LogP) is 4.91. The first-order chi connectivity index (χ1) is 26.3. The van der Waals surface area contributed by atoms with Gasteiger partial charge in [-0.3, -0.25) is 19.7 Å². The van der Waals surface area contributed by atoms with Gasteiger partial charge in [-0.2, -0.15) is 11.8 Å². The van der Waals surface area contributed by atoms with Crippen molar-refractivity contribution in [2.45, 2.75) is 74.8 Å². The third-order valence-corrected chi connectivity index (χ3v) is 13.0.